The molecule has 0 bridgehead atoms. The summed E-state index contributed by atoms with van der Waals surface area (Å²) in [5.74, 6) is 2.07. The van der Waals surface area contributed by atoms with Crippen molar-refractivity contribution in [2.45, 2.75) is 19.5 Å². The van der Waals surface area contributed by atoms with Crippen molar-refractivity contribution in [2.24, 2.45) is 0 Å². The monoisotopic (exact) mass is 329 g/mol. The number of rotatable bonds is 6. The molecule has 0 N–H and O–H groups in total. The van der Waals surface area contributed by atoms with E-state index in [1.165, 1.54) is 5.56 Å². The molecule has 3 rings (SSSR count). The highest BCUT2D eigenvalue weighted by molar-refractivity contribution is 7.13. The maximum absolute atomic E-state index is 5.82. The first-order valence-electron chi connectivity index (χ1n) is 7.38. The van der Waals surface area contributed by atoms with Crippen LogP contribution in [0.4, 0.5) is 0 Å². The zero-order chi connectivity index (χ0) is 16.2. The minimum absolute atomic E-state index is 0.0300. The molecule has 0 amide bonds. The van der Waals surface area contributed by atoms with E-state index in [4.69, 9.17) is 9.15 Å². The van der Waals surface area contributed by atoms with Crippen molar-refractivity contribution < 1.29 is 9.15 Å². The Morgan fingerprint density at radius 2 is 2.13 bits per heavy atom. The fourth-order valence-electron chi connectivity index (χ4n) is 2.29. The number of aromatic nitrogens is 2. The number of nitrogens with zero attached hydrogens (tertiary/aromatic N) is 3. The summed E-state index contributed by atoms with van der Waals surface area (Å²) in [6, 6.07) is 12.0. The van der Waals surface area contributed by atoms with Crippen LogP contribution in [0.5, 0.6) is 5.75 Å². The molecule has 0 spiro atoms. The summed E-state index contributed by atoms with van der Waals surface area (Å²) in [7, 11) is 3.72. The van der Waals surface area contributed by atoms with Crippen LogP contribution in [0.1, 0.15) is 24.4 Å². The van der Waals surface area contributed by atoms with Gasteiger partial charge in [-0.3, -0.25) is 4.90 Å². The number of hydrogen-bond donors (Lipinski definition) is 0. The predicted molar refractivity (Wildman–Crippen MR) is 90.5 cm³/mol. The van der Waals surface area contributed by atoms with Crippen molar-refractivity contribution in [3.63, 3.8) is 0 Å². The highest BCUT2D eigenvalue weighted by Crippen LogP contribution is 2.27. The van der Waals surface area contributed by atoms with Gasteiger partial charge in [-0.15, -0.1) is 21.5 Å². The van der Waals surface area contributed by atoms with Crippen LogP contribution in [-0.4, -0.2) is 29.3 Å². The minimum Gasteiger partial charge on any atom is -0.497 e. The standard InChI is InChI=1S/C17H19N3O2S/c1-12(16-18-19-17(22-16)15-8-5-9-23-15)20(2)11-13-6-4-7-14(10-13)21-3/h4-10,12H,11H2,1-3H3/t12-/m1/s1. The first-order valence-corrected chi connectivity index (χ1v) is 8.26. The fourth-order valence-corrected chi connectivity index (χ4v) is 2.93. The number of hydrogen-bond acceptors (Lipinski definition) is 6. The zero-order valence-corrected chi connectivity index (χ0v) is 14.2. The molecule has 1 aromatic carbocycles. The third kappa shape index (κ3) is 3.60. The van der Waals surface area contributed by atoms with Gasteiger partial charge in [-0.2, -0.15) is 0 Å². The van der Waals surface area contributed by atoms with Gasteiger partial charge in [0.1, 0.15) is 5.75 Å². The number of thiophene rings is 1. The average molecular weight is 329 g/mol. The lowest BCUT2D eigenvalue weighted by molar-refractivity contribution is 0.218. The Hall–Kier alpha value is -2.18. The fraction of sp³-hybridized carbons (Fsp3) is 0.294. The maximum atomic E-state index is 5.82. The third-order valence-electron chi connectivity index (χ3n) is 3.76. The SMILES string of the molecule is COc1cccc(CN(C)[C@H](C)c2nnc(-c3cccs3)o2)c1. The van der Waals surface area contributed by atoms with Gasteiger partial charge in [-0.1, -0.05) is 18.2 Å². The highest BCUT2D eigenvalue weighted by Gasteiger charge is 2.19. The van der Waals surface area contributed by atoms with E-state index in [0.717, 1.165) is 17.2 Å². The van der Waals surface area contributed by atoms with Gasteiger partial charge in [-0.05, 0) is 43.1 Å². The Morgan fingerprint density at radius 3 is 2.87 bits per heavy atom. The maximum Gasteiger partial charge on any atom is 0.257 e. The smallest absolute Gasteiger partial charge is 0.257 e. The van der Waals surface area contributed by atoms with Crippen LogP contribution in [0.25, 0.3) is 10.8 Å². The minimum atomic E-state index is 0.0300. The van der Waals surface area contributed by atoms with Crippen molar-refractivity contribution in [3.8, 4) is 16.5 Å². The largest absolute Gasteiger partial charge is 0.497 e. The Morgan fingerprint density at radius 1 is 1.26 bits per heavy atom. The molecular weight excluding hydrogens is 310 g/mol. The van der Waals surface area contributed by atoms with Crippen molar-refractivity contribution in [1.29, 1.82) is 0 Å². The van der Waals surface area contributed by atoms with Crippen LogP contribution in [-0.2, 0) is 6.54 Å². The van der Waals surface area contributed by atoms with Gasteiger partial charge in [0.15, 0.2) is 0 Å². The summed E-state index contributed by atoms with van der Waals surface area (Å²) in [6.45, 7) is 2.83. The summed E-state index contributed by atoms with van der Waals surface area (Å²) < 4.78 is 11.1. The van der Waals surface area contributed by atoms with Crippen LogP contribution in [0.2, 0.25) is 0 Å². The van der Waals surface area contributed by atoms with Gasteiger partial charge in [0.05, 0.1) is 18.0 Å². The molecule has 0 unspecified atom stereocenters. The summed E-state index contributed by atoms with van der Waals surface area (Å²) in [5, 5.41) is 10.3. The highest BCUT2D eigenvalue weighted by atomic mass is 32.1. The molecule has 120 valence electrons. The molecule has 0 saturated heterocycles. The second-order valence-electron chi connectivity index (χ2n) is 5.37. The van der Waals surface area contributed by atoms with Crippen molar-refractivity contribution in [3.05, 3.63) is 53.2 Å². The van der Waals surface area contributed by atoms with Gasteiger partial charge in [0, 0.05) is 6.54 Å². The van der Waals surface area contributed by atoms with Gasteiger partial charge < -0.3 is 9.15 Å². The second-order valence-corrected chi connectivity index (χ2v) is 6.31. The number of ether oxygens (including phenoxy) is 1. The van der Waals surface area contributed by atoms with E-state index in [-0.39, 0.29) is 6.04 Å². The van der Waals surface area contributed by atoms with Gasteiger partial charge in [0.25, 0.3) is 5.89 Å². The van der Waals surface area contributed by atoms with Crippen molar-refractivity contribution >= 4 is 11.3 Å². The molecule has 1 atom stereocenters. The average Bonchev–Trinajstić information content (AvgIpc) is 3.25. The van der Waals surface area contributed by atoms with Crippen molar-refractivity contribution in [2.75, 3.05) is 14.2 Å². The molecule has 0 radical (unpaired) electrons. The van der Waals surface area contributed by atoms with Gasteiger partial charge in [0.2, 0.25) is 5.89 Å². The lowest BCUT2D eigenvalue weighted by Gasteiger charge is -2.21. The van der Waals surface area contributed by atoms with E-state index in [9.17, 15) is 0 Å². The Kier molecular flexibility index (Phi) is 4.73. The molecule has 6 heteroatoms. The predicted octanol–water partition coefficient (Wildman–Crippen LogP) is 4.00. The quantitative estimate of drug-likeness (QED) is 0.684. The van der Waals surface area contributed by atoms with E-state index < -0.39 is 0 Å². The lowest BCUT2D eigenvalue weighted by atomic mass is 10.2. The molecule has 0 aliphatic heterocycles. The van der Waals surface area contributed by atoms with E-state index in [1.807, 2.05) is 42.8 Å². The number of benzene rings is 1. The molecule has 3 aromatic rings. The van der Waals surface area contributed by atoms with E-state index >= 15 is 0 Å². The van der Waals surface area contributed by atoms with Crippen LogP contribution < -0.4 is 4.74 Å². The summed E-state index contributed by atoms with van der Waals surface area (Å²) in [4.78, 5) is 3.16. The first kappa shape index (κ1) is 15.7. The van der Waals surface area contributed by atoms with Crippen LogP contribution in [0.15, 0.2) is 46.2 Å². The molecule has 0 fully saturated rings. The summed E-state index contributed by atoms with van der Waals surface area (Å²) in [6.07, 6.45) is 0. The molecule has 0 aliphatic rings. The van der Waals surface area contributed by atoms with Crippen LogP contribution in [0.3, 0.4) is 0 Å². The number of methoxy groups -OCH3 is 1. The molecule has 5 nitrogen and oxygen atoms in total. The van der Waals surface area contributed by atoms with Crippen LogP contribution in [0, 0.1) is 0 Å². The van der Waals surface area contributed by atoms with Crippen LogP contribution >= 0.6 is 11.3 Å². The third-order valence-corrected chi connectivity index (χ3v) is 4.62. The molecule has 0 saturated carbocycles. The van der Waals surface area contributed by atoms with E-state index in [0.29, 0.717) is 11.8 Å². The van der Waals surface area contributed by atoms with Gasteiger partial charge in [-0.25, -0.2) is 0 Å². The molecular formula is C17H19N3O2S. The van der Waals surface area contributed by atoms with Gasteiger partial charge >= 0.3 is 0 Å². The van der Waals surface area contributed by atoms with E-state index in [2.05, 4.69) is 28.1 Å². The second kappa shape index (κ2) is 6.93. The molecule has 0 aliphatic carbocycles. The summed E-state index contributed by atoms with van der Waals surface area (Å²) >= 11 is 1.59. The Balaban J connectivity index is 1.70. The normalized spacial score (nSPS) is 12.5. The van der Waals surface area contributed by atoms with Crippen molar-refractivity contribution in [1.82, 2.24) is 15.1 Å². The summed E-state index contributed by atoms with van der Waals surface area (Å²) in [5.41, 5.74) is 1.18. The zero-order valence-electron chi connectivity index (χ0n) is 13.4. The topological polar surface area (TPSA) is 51.4 Å². The Labute approximate surface area is 139 Å². The first-order chi connectivity index (χ1) is 11.2. The molecule has 23 heavy (non-hydrogen) atoms. The lowest BCUT2D eigenvalue weighted by Crippen LogP contribution is -2.22. The molecule has 2 aromatic heterocycles. The molecule has 2 heterocycles. The van der Waals surface area contributed by atoms with E-state index in [1.54, 1.807) is 18.4 Å². The Bertz CT molecular complexity index is 755.